The van der Waals surface area contributed by atoms with Crippen LogP contribution in [0.25, 0.3) is 11.0 Å². The second-order valence-corrected chi connectivity index (χ2v) is 14.7. The van der Waals surface area contributed by atoms with Crippen molar-refractivity contribution in [1.82, 2.24) is 9.22 Å². The van der Waals surface area contributed by atoms with E-state index in [4.69, 9.17) is 16.6 Å². The molecule has 3 nitrogen and oxygen atoms in total. The summed E-state index contributed by atoms with van der Waals surface area (Å²) in [6, 6.07) is 11.7. The fraction of sp³-hybridized carbons (Fsp3) is 0.435. The van der Waals surface area contributed by atoms with Gasteiger partial charge in [0.2, 0.25) is 0 Å². The number of fused-ring (bicyclic) bond motifs is 1. The van der Waals surface area contributed by atoms with Crippen LogP contribution < -0.4 is 0 Å². The summed E-state index contributed by atoms with van der Waals surface area (Å²) >= 11 is 6.79. The van der Waals surface area contributed by atoms with Gasteiger partial charge in [-0.25, -0.2) is 4.98 Å². The topological polar surface area (TPSA) is 38.0 Å². The summed E-state index contributed by atoms with van der Waals surface area (Å²) < 4.78 is 2.45. The van der Waals surface area contributed by atoms with E-state index >= 15 is 0 Å². The first-order chi connectivity index (χ1) is 13.2. The molecule has 0 unspecified atom stereocenters. The third kappa shape index (κ3) is 3.21. The number of hydrogen-bond donors (Lipinski definition) is 1. The van der Waals surface area contributed by atoms with Crippen LogP contribution in [0.5, 0.6) is 0 Å². The van der Waals surface area contributed by atoms with E-state index in [1.807, 2.05) is 30.3 Å². The molecule has 1 N–H and O–H groups in total. The SMILES string of the molecule is CC(C)[Si](C(C)C)(C(C)C)n1ccc2c(Cl)c([C@H](O)c3ccccc3)cnc21. The van der Waals surface area contributed by atoms with Gasteiger partial charge in [0.25, 0.3) is 0 Å². The summed E-state index contributed by atoms with van der Waals surface area (Å²) in [6.07, 6.45) is 3.14. The van der Waals surface area contributed by atoms with Crippen molar-refractivity contribution >= 4 is 30.9 Å². The molecule has 0 radical (unpaired) electrons. The molecule has 2 heterocycles. The molecule has 0 amide bonds. The Bertz CT molecular complexity index is 928. The van der Waals surface area contributed by atoms with Crippen molar-refractivity contribution in [3.8, 4) is 0 Å². The van der Waals surface area contributed by atoms with Crippen molar-refractivity contribution in [1.29, 1.82) is 0 Å². The molecule has 0 aliphatic heterocycles. The van der Waals surface area contributed by atoms with Crippen LogP contribution in [0.1, 0.15) is 58.8 Å². The van der Waals surface area contributed by atoms with Crippen LogP contribution in [0.15, 0.2) is 48.8 Å². The smallest absolute Gasteiger partial charge is 0.171 e. The maximum absolute atomic E-state index is 10.8. The van der Waals surface area contributed by atoms with Crippen LogP contribution >= 0.6 is 11.6 Å². The third-order valence-corrected chi connectivity index (χ3v) is 13.4. The van der Waals surface area contributed by atoms with Crippen LogP contribution in [-0.2, 0) is 0 Å². The largest absolute Gasteiger partial charge is 0.384 e. The highest BCUT2D eigenvalue weighted by Crippen LogP contribution is 2.45. The van der Waals surface area contributed by atoms with Gasteiger partial charge in [0.05, 0.1) is 5.02 Å². The molecular weight excluding hydrogens is 384 g/mol. The van der Waals surface area contributed by atoms with Crippen LogP contribution in [0.4, 0.5) is 0 Å². The number of nitrogens with zero attached hydrogens (tertiary/aromatic N) is 2. The zero-order valence-electron chi connectivity index (χ0n) is 17.6. The normalized spacial score (nSPS) is 13.8. The molecule has 150 valence electrons. The van der Waals surface area contributed by atoms with Crippen molar-refractivity contribution in [3.05, 3.63) is 64.9 Å². The minimum Gasteiger partial charge on any atom is -0.384 e. The van der Waals surface area contributed by atoms with Gasteiger partial charge in [-0.05, 0) is 34.5 Å². The molecular formula is C23H31ClN2OSi. The maximum atomic E-state index is 10.8. The van der Waals surface area contributed by atoms with E-state index in [1.54, 1.807) is 6.20 Å². The fourth-order valence-electron chi connectivity index (χ4n) is 5.22. The van der Waals surface area contributed by atoms with Crippen molar-refractivity contribution in [2.24, 2.45) is 0 Å². The molecule has 1 aromatic carbocycles. The minimum absolute atomic E-state index is 0.568. The van der Waals surface area contributed by atoms with Crippen LogP contribution in [0.3, 0.4) is 0 Å². The molecule has 0 bridgehead atoms. The Kier molecular flexibility index (Phi) is 6.04. The number of hydrogen-bond acceptors (Lipinski definition) is 2. The van der Waals surface area contributed by atoms with E-state index in [0.29, 0.717) is 27.2 Å². The molecule has 0 saturated carbocycles. The van der Waals surface area contributed by atoms with Crippen LogP contribution in [-0.4, -0.2) is 22.6 Å². The Hall–Kier alpha value is -1.62. The molecule has 0 aliphatic rings. The standard InChI is InChI=1S/C23H31ClN2OSi/c1-15(2)28(16(3)4,17(5)6)26-13-12-19-21(24)20(14-25-23(19)26)22(27)18-10-8-7-9-11-18/h7-17,22,27H,1-6H3/t22-/m1/s1. The lowest BCUT2D eigenvalue weighted by atomic mass is 10.0. The second kappa shape index (κ2) is 8.01. The van der Waals surface area contributed by atoms with E-state index in [-0.39, 0.29) is 0 Å². The molecule has 0 spiro atoms. The first-order valence-electron chi connectivity index (χ1n) is 10.1. The lowest BCUT2D eigenvalue weighted by Crippen LogP contribution is -2.51. The van der Waals surface area contributed by atoms with Gasteiger partial charge < -0.3 is 9.34 Å². The van der Waals surface area contributed by atoms with Crippen molar-refractivity contribution in [2.45, 2.75) is 64.3 Å². The zero-order chi connectivity index (χ0) is 20.6. The molecule has 3 rings (SSSR count). The zero-order valence-corrected chi connectivity index (χ0v) is 19.4. The number of aliphatic hydroxyl groups is 1. The molecule has 0 saturated heterocycles. The second-order valence-electron chi connectivity index (χ2n) is 8.62. The Morgan fingerprint density at radius 2 is 1.50 bits per heavy atom. The van der Waals surface area contributed by atoms with E-state index < -0.39 is 14.3 Å². The number of pyridine rings is 1. The highest BCUT2D eigenvalue weighted by atomic mass is 35.5. The van der Waals surface area contributed by atoms with Crippen molar-refractivity contribution in [2.75, 3.05) is 0 Å². The van der Waals surface area contributed by atoms with E-state index in [1.165, 1.54) is 0 Å². The number of aliphatic hydroxyl groups excluding tert-OH is 1. The summed E-state index contributed by atoms with van der Waals surface area (Å²) in [5, 5.41) is 12.4. The molecule has 0 fully saturated rings. The fourth-order valence-corrected chi connectivity index (χ4v) is 12.1. The summed E-state index contributed by atoms with van der Waals surface area (Å²) in [7, 11) is -1.91. The lowest BCUT2D eigenvalue weighted by Gasteiger charge is -2.44. The average molecular weight is 415 g/mol. The molecule has 5 heteroatoms. The minimum atomic E-state index is -1.91. The van der Waals surface area contributed by atoms with Gasteiger partial charge in [-0.3, -0.25) is 0 Å². The van der Waals surface area contributed by atoms with E-state index in [2.05, 4.69) is 58.0 Å². The van der Waals surface area contributed by atoms with Gasteiger partial charge in [-0.15, -0.1) is 0 Å². The number of halogens is 1. The number of benzene rings is 1. The summed E-state index contributed by atoms with van der Waals surface area (Å²) in [6.45, 7) is 14.0. The Morgan fingerprint density at radius 3 is 2.04 bits per heavy atom. The Balaban J connectivity index is 2.18. The van der Waals surface area contributed by atoms with Crippen molar-refractivity contribution in [3.63, 3.8) is 0 Å². The monoisotopic (exact) mass is 414 g/mol. The molecule has 2 aromatic heterocycles. The molecule has 28 heavy (non-hydrogen) atoms. The highest BCUT2D eigenvalue weighted by molar-refractivity contribution is 6.82. The van der Waals surface area contributed by atoms with Gasteiger partial charge >= 0.3 is 0 Å². The summed E-state index contributed by atoms with van der Waals surface area (Å²) in [4.78, 5) is 4.81. The summed E-state index contributed by atoms with van der Waals surface area (Å²) in [5.41, 5.74) is 4.12. The third-order valence-electron chi connectivity index (χ3n) is 6.28. The molecule has 1 atom stereocenters. The van der Waals surface area contributed by atoms with E-state index in [0.717, 1.165) is 16.6 Å². The molecule has 0 aliphatic carbocycles. The summed E-state index contributed by atoms with van der Waals surface area (Å²) in [5.74, 6) is 0. The first-order valence-corrected chi connectivity index (χ1v) is 12.7. The predicted molar refractivity (Wildman–Crippen MR) is 122 cm³/mol. The van der Waals surface area contributed by atoms with Gasteiger partial charge in [-0.2, -0.15) is 0 Å². The molecule has 3 aromatic rings. The Morgan fingerprint density at radius 1 is 0.929 bits per heavy atom. The average Bonchev–Trinajstić information content (AvgIpc) is 3.07. The van der Waals surface area contributed by atoms with Gasteiger partial charge in [-0.1, -0.05) is 83.5 Å². The van der Waals surface area contributed by atoms with E-state index in [9.17, 15) is 5.11 Å². The van der Waals surface area contributed by atoms with Gasteiger partial charge in [0.15, 0.2) is 8.24 Å². The first kappa shape index (κ1) is 21.1. The maximum Gasteiger partial charge on any atom is 0.171 e. The highest BCUT2D eigenvalue weighted by Gasteiger charge is 2.46. The number of rotatable bonds is 6. The van der Waals surface area contributed by atoms with Gasteiger partial charge in [0.1, 0.15) is 11.8 Å². The van der Waals surface area contributed by atoms with Crippen LogP contribution in [0.2, 0.25) is 21.6 Å². The number of aromatic nitrogens is 2. The van der Waals surface area contributed by atoms with Crippen molar-refractivity contribution < 1.29 is 5.11 Å². The Labute approximate surface area is 174 Å². The van der Waals surface area contributed by atoms with Gasteiger partial charge in [0, 0.05) is 17.1 Å². The quantitative estimate of drug-likeness (QED) is 0.450. The van der Waals surface area contributed by atoms with Crippen LogP contribution in [0, 0.1) is 0 Å². The predicted octanol–water partition coefficient (Wildman–Crippen LogP) is 6.80. The lowest BCUT2D eigenvalue weighted by molar-refractivity contribution is 0.220.